The lowest BCUT2D eigenvalue weighted by atomic mass is 10.0. The molecule has 6 heteroatoms. The predicted octanol–water partition coefficient (Wildman–Crippen LogP) is 4.60. The molecule has 0 N–H and O–H groups in total. The number of benzene rings is 2. The minimum absolute atomic E-state index is 0.109. The zero-order valence-electron chi connectivity index (χ0n) is 13.9. The van der Waals surface area contributed by atoms with Crippen molar-refractivity contribution in [1.82, 2.24) is 10.1 Å². The van der Waals surface area contributed by atoms with Crippen LogP contribution in [0.25, 0.3) is 11.3 Å². The largest absolute Gasteiger partial charge is 0.350 e. The molecular formula is C20H16F2N2O2. The number of nitrogens with zero attached hydrogens (tertiary/aromatic N) is 2. The van der Waals surface area contributed by atoms with E-state index in [-0.39, 0.29) is 29.3 Å². The summed E-state index contributed by atoms with van der Waals surface area (Å²) in [6.45, 7) is 0.605. The number of amides is 1. The van der Waals surface area contributed by atoms with Gasteiger partial charge in [0, 0.05) is 18.2 Å². The normalized spacial score (nSPS) is 16.8. The zero-order chi connectivity index (χ0) is 18.1. The third-order valence-electron chi connectivity index (χ3n) is 4.63. The fraction of sp³-hybridized carbons (Fsp3) is 0.200. The molecule has 1 unspecified atom stereocenters. The average Bonchev–Trinajstić information content (AvgIpc) is 3.32. The van der Waals surface area contributed by atoms with Gasteiger partial charge in [0.1, 0.15) is 17.3 Å². The smallest absolute Gasteiger partial charge is 0.292 e. The Hall–Kier alpha value is -3.02. The van der Waals surface area contributed by atoms with Gasteiger partial charge >= 0.3 is 0 Å². The van der Waals surface area contributed by atoms with Gasteiger partial charge in [0.2, 0.25) is 5.76 Å². The molecular weight excluding hydrogens is 338 g/mol. The van der Waals surface area contributed by atoms with Crippen LogP contribution in [0.1, 0.15) is 35.0 Å². The van der Waals surface area contributed by atoms with E-state index in [1.54, 1.807) is 35.2 Å². The zero-order valence-corrected chi connectivity index (χ0v) is 13.9. The molecule has 0 bridgehead atoms. The van der Waals surface area contributed by atoms with Crippen molar-refractivity contribution >= 4 is 5.91 Å². The second-order valence-electron chi connectivity index (χ2n) is 6.29. The first-order valence-corrected chi connectivity index (χ1v) is 8.41. The van der Waals surface area contributed by atoms with E-state index >= 15 is 0 Å². The summed E-state index contributed by atoms with van der Waals surface area (Å²) in [6, 6.07) is 13.5. The monoisotopic (exact) mass is 354 g/mol. The van der Waals surface area contributed by atoms with Gasteiger partial charge in [-0.3, -0.25) is 4.79 Å². The Balaban J connectivity index is 1.57. The van der Waals surface area contributed by atoms with E-state index < -0.39 is 0 Å². The lowest BCUT2D eigenvalue weighted by Crippen LogP contribution is -2.30. The number of aromatic nitrogens is 1. The van der Waals surface area contributed by atoms with Crippen molar-refractivity contribution < 1.29 is 18.1 Å². The molecule has 1 aromatic heterocycles. The minimum atomic E-state index is -0.340. The SMILES string of the molecule is O=C(c1cc(-c2ccc(F)cc2)no1)N1CCCC1c1ccc(F)cc1. The van der Waals surface area contributed by atoms with Crippen LogP contribution in [-0.4, -0.2) is 22.5 Å². The van der Waals surface area contributed by atoms with E-state index in [4.69, 9.17) is 4.52 Å². The summed E-state index contributed by atoms with van der Waals surface area (Å²) in [4.78, 5) is 14.6. The summed E-state index contributed by atoms with van der Waals surface area (Å²) < 4.78 is 31.4. The molecule has 0 aliphatic carbocycles. The van der Waals surface area contributed by atoms with Crippen LogP contribution in [0.5, 0.6) is 0 Å². The van der Waals surface area contributed by atoms with Crippen molar-refractivity contribution in [3.8, 4) is 11.3 Å². The van der Waals surface area contributed by atoms with Crippen molar-refractivity contribution in [2.45, 2.75) is 18.9 Å². The van der Waals surface area contributed by atoms with Crippen LogP contribution in [0.3, 0.4) is 0 Å². The fourth-order valence-corrected chi connectivity index (χ4v) is 3.32. The fourth-order valence-electron chi connectivity index (χ4n) is 3.32. The molecule has 1 fully saturated rings. The van der Waals surface area contributed by atoms with Crippen LogP contribution in [-0.2, 0) is 0 Å². The second-order valence-corrected chi connectivity index (χ2v) is 6.29. The van der Waals surface area contributed by atoms with Gasteiger partial charge in [-0.2, -0.15) is 0 Å². The molecule has 3 aromatic rings. The predicted molar refractivity (Wildman–Crippen MR) is 91.3 cm³/mol. The van der Waals surface area contributed by atoms with Crippen molar-refractivity contribution in [2.75, 3.05) is 6.54 Å². The van der Waals surface area contributed by atoms with Gasteiger partial charge in [-0.1, -0.05) is 17.3 Å². The summed E-state index contributed by atoms with van der Waals surface area (Å²) >= 11 is 0. The lowest BCUT2D eigenvalue weighted by Gasteiger charge is -2.23. The summed E-state index contributed by atoms with van der Waals surface area (Å²) in [6.07, 6.45) is 1.68. The van der Waals surface area contributed by atoms with Crippen LogP contribution in [0.4, 0.5) is 8.78 Å². The number of carbonyl (C=O) groups is 1. The number of likely N-dealkylation sites (tertiary alicyclic amines) is 1. The molecule has 0 saturated carbocycles. The van der Waals surface area contributed by atoms with Gasteiger partial charge in [-0.05, 0) is 54.8 Å². The van der Waals surface area contributed by atoms with E-state index in [9.17, 15) is 13.6 Å². The van der Waals surface area contributed by atoms with Gasteiger partial charge in [0.15, 0.2) is 0 Å². The van der Waals surface area contributed by atoms with E-state index in [2.05, 4.69) is 5.16 Å². The van der Waals surface area contributed by atoms with Gasteiger partial charge < -0.3 is 9.42 Å². The minimum Gasteiger partial charge on any atom is -0.350 e. The van der Waals surface area contributed by atoms with Gasteiger partial charge in [0.25, 0.3) is 5.91 Å². The van der Waals surface area contributed by atoms with Crippen molar-refractivity contribution in [3.63, 3.8) is 0 Å². The Labute approximate surface area is 149 Å². The standard InChI is InChI=1S/C20H16F2N2O2/c21-15-7-3-13(4-8-15)17-12-19(26-23-17)20(25)24-11-1-2-18(24)14-5-9-16(22)10-6-14/h3-10,12,18H,1-2,11H2. The first-order chi connectivity index (χ1) is 12.6. The molecule has 0 radical (unpaired) electrons. The molecule has 132 valence electrons. The molecule has 26 heavy (non-hydrogen) atoms. The second kappa shape index (κ2) is 6.71. The van der Waals surface area contributed by atoms with Crippen LogP contribution < -0.4 is 0 Å². The number of rotatable bonds is 3. The molecule has 2 aromatic carbocycles. The first kappa shape index (κ1) is 16.4. The van der Waals surface area contributed by atoms with E-state index in [1.165, 1.54) is 24.3 Å². The van der Waals surface area contributed by atoms with Crippen LogP contribution in [0, 0.1) is 11.6 Å². The number of hydrogen-bond donors (Lipinski definition) is 0. The Morgan fingerprint density at radius 1 is 1.04 bits per heavy atom. The summed E-state index contributed by atoms with van der Waals surface area (Å²) in [5, 5.41) is 3.92. The Kier molecular flexibility index (Phi) is 4.24. The third-order valence-corrected chi connectivity index (χ3v) is 4.63. The topological polar surface area (TPSA) is 46.3 Å². The molecule has 1 aliphatic heterocycles. The van der Waals surface area contributed by atoms with Crippen molar-refractivity contribution in [2.24, 2.45) is 0 Å². The Morgan fingerprint density at radius 3 is 2.38 bits per heavy atom. The van der Waals surface area contributed by atoms with E-state index in [0.717, 1.165) is 18.4 Å². The van der Waals surface area contributed by atoms with Crippen LogP contribution in [0.2, 0.25) is 0 Å². The summed E-state index contributed by atoms with van der Waals surface area (Å²) in [7, 11) is 0. The highest BCUT2D eigenvalue weighted by Gasteiger charge is 2.32. The number of hydrogen-bond acceptors (Lipinski definition) is 3. The van der Waals surface area contributed by atoms with Crippen molar-refractivity contribution in [1.29, 1.82) is 0 Å². The molecule has 4 nitrogen and oxygen atoms in total. The number of carbonyl (C=O) groups excluding carboxylic acids is 1. The maximum absolute atomic E-state index is 13.2. The average molecular weight is 354 g/mol. The van der Waals surface area contributed by atoms with Gasteiger partial charge in [0.05, 0.1) is 6.04 Å². The molecule has 1 saturated heterocycles. The van der Waals surface area contributed by atoms with Gasteiger partial charge in [-0.15, -0.1) is 0 Å². The first-order valence-electron chi connectivity index (χ1n) is 8.41. The molecule has 0 spiro atoms. The highest BCUT2D eigenvalue weighted by atomic mass is 19.1. The summed E-state index contributed by atoms with van der Waals surface area (Å²) in [5.41, 5.74) is 2.05. The number of halogens is 2. The Morgan fingerprint density at radius 2 is 1.69 bits per heavy atom. The molecule has 1 amide bonds. The van der Waals surface area contributed by atoms with Gasteiger partial charge in [-0.25, -0.2) is 8.78 Å². The maximum Gasteiger partial charge on any atom is 0.292 e. The lowest BCUT2D eigenvalue weighted by molar-refractivity contribution is 0.0693. The van der Waals surface area contributed by atoms with E-state index in [0.29, 0.717) is 17.8 Å². The van der Waals surface area contributed by atoms with E-state index in [1.807, 2.05) is 0 Å². The molecule has 4 rings (SSSR count). The molecule has 1 aliphatic rings. The third kappa shape index (κ3) is 3.10. The Bertz CT molecular complexity index is 920. The quantitative estimate of drug-likeness (QED) is 0.691. The highest BCUT2D eigenvalue weighted by Crippen LogP contribution is 2.33. The van der Waals surface area contributed by atoms with Crippen LogP contribution in [0.15, 0.2) is 59.1 Å². The summed E-state index contributed by atoms with van der Waals surface area (Å²) in [5.74, 6) is -0.757. The van der Waals surface area contributed by atoms with Crippen LogP contribution >= 0.6 is 0 Å². The maximum atomic E-state index is 13.2. The molecule has 2 heterocycles. The molecule has 1 atom stereocenters. The highest BCUT2D eigenvalue weighted by molar-refractivity contribution is 5.93. The van der Waals surface area contributed by atoms with Crippen molar-refractivity contribution in [3.05, 3.63) is 77.6 Å².